The molecule has 8 heteroatoms. The molecule has 1 aromatic carbocycles. The van der Waals surface area contributed by atoms with E-state index in [1.54, 1.807) is 6.07 Å². The number of carbonyl (C=O) groups is 2. The minimum absolute atomic E-state index is 0.0603. The summed E-state index contributed by atoms with van der Waals surface area (Å²) in [4.78, 5) is 30.4. The van der Waals surface area contributed by atoms with Gasteiger partial charge in [0.25, 0.3) is 5.91 Å². The summed E-state index contributed by atoms with van der Waals surface area (Å²) < 4.78 is 6.29. The predicted molar refractivity (Wildman–Crippen MR) is 132 cm³/mol. The second kappa shape index (κ2) is 8.76. The summed E-state index contributed by atoms with van der Waals surface area (Å²) in [5.74, 6) is 0.295. The largest absolute Gasteiger partial charge is 0.450 e. The van der Waals surface area contributed by atoms with Crippen LogP contribution in [0.4, 0.5) is 10.5 Å². The number of hydrogen-bond acceptors (Lipinski definition) is 4. The molecule has 1 aromatic heterocycles. The first-order chi connectivity index (χ1) is 16.5. The van der Waals surface area contributed by atoms with E-state index in [1.807, 2.05) is 11.0 Å². The lowest BCUT2D eigenvalue weighted by Crippen LogP contribution is -2.52. The fourth-order valence-corrected chi connectivity index (χ4v) is 6.94. The molecule has 6 rings (SSSR count). The lowest BCUT2D eigenvalue weighted by atomic mass is 9.74. The first kappa shape index (κ1) is 22.2. The third-order valence-electron chi connectivity index (χ3n) is 8.44. The quantitative estimate of drug-likeness (QED) is 0.592. The summed E-state index contributed by atoms with van der Waals surface area (Å²) in [7, 11) is 0. The van der Waals surface area contributed by atoms with Crippen LogP contribution >= 0.6 is 11.6 Å². The van der Waals surface area contributed by atoms with E-state index in [0.29, 0.717) is 28.1 Å². The topological polar surface area (TPSA) is 77.8 Å². The highest BCUT2D eigenvalue weighted by Crippen LogP contribution is 2.49. The van der Waals surface area contributed by atoms with E-state index < -0.39 is 5.54 Å². The fraction of sp³-hybridized carbons (Fsp3) is 0.615. The Balaban J connectivity index is 1.28. The van der Waals surface area contributed by atoms with E-state index in [0.717, 1.165) is 69.2 Å². The van der Waals surface area contributed by atoms with Crippen LogP contribution in [0.5, 0.6) is 0 Å². The van der Waals surface area contributed by atoms with Gasteiger partial charge in [0.2, 0.25) is 0 Å². The molecule has 3 fully saturated rings. The number of piperazine rings is 1. The first-order valence-electron chi connectivity index (χ1n) is 12.9. The second-order valence-electron chi connectivity index (χ2n) is 10.5. The molecular weight excluding hydrogens is 452 g/mol. The van der Waals surface area contributed by atoms with Crippen molar-refractivity contribution in [3.05, 3.63) is 28.5 Å². The second-order valence-corrected chi connectivity index (χ2v) is 10.9. The Morgan fingerprint density at radius 3 is 2.44 bits per heavy atom. The van der Waals surface area contributed by atoms with E-state index in [9.17, 15) is 9.59 Å². The molecule has 0 atom stereocenters. The van der Waals surface area contributed by atoms with Crippen molar-refractivity contribution in [2.24, 2.45) is 0 Å². The van der Waals surface area contributed by atoms with E-state index in [2.05, 4.69) is 15.5 Å². The molecule has 3 amide bonds. The Morgan fingerprint density at radius 2 is 1.71 bits per heavy atom. The number of halogens is 1. The maximum absolute atomic E-state index is 13.4. The molecule has 0 radical (unpaired) electrons. The molecule has 3 heterocycles. The Kier molecular flexibility index (Phi) is 5.72. The van der Waals surface area contributed by atoms with E-state index in [-0.39, 0.29) is 11.9 Å². The average molecular weight is 485 g/mol. The highest BCUT2D eigenvalue weighted by molar-refractivity contribution is 6.35. The van der Waals surface area contributed by atoms with Gasteiger partial charge < -0.3 is 20.0 Å². The van der Waals surface area contributed by atoms with Crippen molar-refractivity contribution in [3.8, 4) is 0 Å². The number of urea groups is 1. The fourth-order valence-electron chi connectivity index (χ4n) is 6.68. The van der Waals surface area contributed by atoms with Gasteiger partial charge >= 0.3 is 6.03 Å². The normalized spacial score (nSPS) is 23.6. The summed E-state index contributed by atoms with van der Waals surface area (Å²) in [5, 5.41) is 7.37. The van der Waals surface area contributed by atoms with Gasteiger partial charge in [-0.15, -0.1) is 0 Å². The van der Waals surface area contributed by atoms with Gasteiger partial charge in [-0.2, -0.15) is 0 Å². The van der Waals surface area contributed by atoms with Gasteiger partial charge in [0.1, 0.15) is 5.58 Å². The van der Waals surface area contributed by atoms with Crippen LogP contribution in [0.2, 0.25) is 5.02 Å². The number of rotatable bonds is 2. The highest BCUT2D eigenvalue weighted by atomic mass is 35.5. The molecule has 7 nitrogen and oxygen atoms in total. The summed E-state index contributed by atoms with van der Waals surface area (Å²) in [6, 6.07) is 4.08. The zero-order valence-corrected chi connectivity index (χ0v) is 20.4. The van der Waals surface area contributed by atoms with Crippen LogP contribution in [-0.2, 0) is 5.54 Å². The number of nitrogens with zero attached hydrogens (tertiary/aromatic N) is 2. The lowest BCUT2D eigenvalue weighted by molar-refractivity contribution is 0.0499. The number of carbonyl (C=O) groups excluding carboxylic acids is 2. The highest BCUT2D eigenvalue weighted by Gasteiger charge is 2.44. The van der Waals surface area contributed by atoms with Gasteiger partial charge in [0.05, 0.1) is 16.2 Å². The minimum atomic E-state index is -0.497. The standard InChI is InChI=1S/C26H33ClN4O3/c27-19-15-17-16-20(24(32)31-13-11-30(12-14-31)18-7-3-1-4-8-18)34-23(17)21-22(19)28-25(33)29-26(21)9-5-2-6-10-26/h15-16,18H,1-14H2,(H2,28,29,33). The summed E-state index contributed by atoms with van der Waals surface area (Å²) in [5.41, 5.74) is 1.69. The molecule has 182 valence electrons. The van der Waals surface area contributed by atoms with Crippen LogP contribution in [0.25, 0.3) is 11.0 Å². The van der Waals surface area contributed by atoms with Crippen LogP contribution in [-0.4, -0.2) is 54.0 Å². The van der Waals surface area contributed by atoms with Crippen LogP contribution in [0, 0.1) is 0 Å². The third-order valence-corrected chi connectivity index (χ3v) is 8.74. The molecule has 1 spiro atoms. The monoisotopic (exact) mass is 484 g/mol. The zero-order valence-electron chi connectivity index (χ0n) is 19.6. The maximum atomic E-state index is 13.4. The van der Waals surface area contributed by atoms with Crippen LogP contribution in [0.15, 0.2) is 16.5 Å². The van der Waals surface area contributed by atoms with Crippen molar-refractivity contribution < 1.29 is 14.0 Å². The van der Waals surface area contributed by atoms with Gasteiger partial charge in [-0.25, -0.2) is 4.79 Å². The first-order valence-corrected chi connectivity index (χ1v) is 13.3. The van der Waals surface area contributed by atoms with E-state index >= 15 is 0 Å². The molecule has 34 heavy (non-hydrogen) atoms. The van der Waals surface area contributed by atoms with Crippen molar-refractivity contribution >= 4 is 40.2 Å². The molecule has 0 unspecified atom stereocenters. The molecule has 2 saturated carbocycles. The molecule has 2 aliphatic heterocycles. The SMILES string of the molecule is O=C1Nc2c(Cl)cc3cc(C(=O)N4CCN(C5CCCCC5)CC4)oc3c2C2(CCCCC2)N1. The Labute approximate surface area is 205 Å². The number of fused-ring (bicyclic) bond motifs is 4. The molecule has 1 saturated heterocycles. The Hall–Kier alpha value is -2.25. The van der Waals surface area contributed by atoms with Gasteiger partial charge in [-0.3, -0.25) is 9.69 Å². The average Bonchev–Trinajstić information content (AvgIpc) is 3.28. The van der Waals surface area contributed by atoms with Crippen molar-refractivity contribution in [1.82, 2.24) is 15.1 Å². The Morgan fingerprint density at radius 1 is 1.00 bits per heavy atom. The molecule has 2 aromatic rings. The van der Waals surface area contributed by atoms with E-state index in [1.165, 1.54) is 32.1 Å². The molecular formula is C26H33ClN4O3. The maximum Gasteiger partial charge on any atom is 0.319 e. The zero-order chi connectivity index (χ0) is 23.3. The molecule has 4 aliphatic rings. The van der Waals surface area contributed by atoms with Crippen LogP contribution < -0.4 is 10.6 Å². The summed E-state index contributed by atoms with van der Waals surface area (Å²) in [6.45, 7) is 3.31. The number of benzene rings is 1. The molecule has 0 bridgehead atoms. The van der Waals surface area contributed by atoms with Crippen LogP contribution in [0.1, 0.15) is 80.3 Å². The van der Waals surface area contributed by atoms with Crippen LogP contribution in [0.3, 0.4) is 0 Å². The van der Waals surface area contributed by atoms with Crippen molar-refractivity contribution in [2.75, 3.05) is 31.5 Å². The summed E-state index contributed by atoms with van der Waals surface area (Å²) >= 11 is 6.63. The Bertz CT molecular complexity index is 1110. The smallest absolute Gasteiger partial charge is 0.319 e. The number of hydrogen-bond donors (Lipinski definition) is 2. The number of anilines is 1. The van der Waals surface area contributed by atoms with Gasteiger partial charge in [-0.05, 0) is 37.8 Å². The minimum Gasteiger partial charge on any atom is -0.450 e. The molecule has 2 N–H and O–H groups in total. The number of nitrogens with one attached hydrogen (secondary N) is 2. The van der Waals surface area contributed by atoms with Crippen molar-refractivity contribution in [2.45, 2.75) is 75.8 Å². The van der Waals surface area contributed by atoms with Gasteiger partial charge in [0, 0.05) is 43.2 Å². The van der Waals surface area contributed by atoms with Gasteiger partial charge in [-0.1, -0.05) is 50.1 Å². The summed E-state index contributed by atoms with van der Waals surface area (Å²) in [6.07, 6.45) is 11.5. The number of amides is 3. The third kappa shape index (κ3) is 3.77. The molecule has 2 aliphatic carbocycles. The van der Waals surface area contributed by atoms with E-state index in [4.69, 9.17) is 16.0 Å². The number of furan rings is 1. The van der Waals surface area contributed by atoms with Crippen molar-refractivity contribution in [3.63, 3.8) is 0 Å². The predicted octanol–water partition coefficient (Wildman–Crippen LogP) is 5.47. The van der Waals surface area contributed by atoms with Crippen molar-refractivity contribution in [1.29, 1.82) is 0 Å². The lowest BCUT2D eigenvalue weighted by Gasteiger charge is -2.42. The van der Waals surface area contributed by atoms with Gasteiger partial charge in [0.15, 0.2) is 5.76 Å².